The molecule has 0 radical (unpaired) electrons. The van der Waals surface area contributed by atoms with Gasteiger partial charge in [0.25, 0.3) is 0 Å². The van der Waals surface area contributed by atoms with Gasteiger partial charge in [-0.25, -0.2) is 14.4 Å². The van der Waals surface area contributed by atoms with E-state index in [1.807, 2.05) is 4.57 Å². The first-order valence-corrected chi connectivity index (χ1v) is 12.9. The first-order chi connectivity index (χ1) is 17.3. The second-order valence-electron chi connectivity index (χ2n) is 10.2. The van der Waals surface area contributed by atoms with Crippen LogP contribution in [0.1, 0.15) is 44.6 Å². The molecule has 190 valence electrons. The molecule has 3 heterocycles. The molecule has 2 saturated carbocycles. The van der Waals surface area contributed by atoms with Crippen molar-refractivity contribution in [2.24, 2.45) is 17.1 Å². The molecule has 1 aliphatic heterocycles. The topological polar surface area (TPSA) is 120 Å². The Hall–Kier alpha value is -2.69. The van der Waals surface area contributed by atoms with Crippen molar-refractivity contribution in [3.63, 3.8) is 0 Å². The summed E-state index contributed by atoms with van der Waals surface area (Å²) in [5.41, 5.74) is 7.15. The van der Waals surface area contributed by atoms with Crippen LogP contribution in [0.2, 0.25) is 10.0 Å². The number of rotatable bonds is 6. The third kappa shape index (κ3) is 4.25. The molecule has 12 heteroatoms. The number of nitrogens with zero attached hydrogens (tertiary/aromatic N) is 4. The zero-order valence-corrected chi connectivity index (χ0v) is 20.9. The van der Waals surface area contributed by atoms with Crippen molar-refractivity contribution in [2.75, 3.05) is 23.8 Å². The van der Waals surface area contributed by atoms with Crippen molar-refractivity contribution < 1.29 is 13.9 Å². The number of ether oxygens (including phenoxy) is 1. The fourth-order valence-electron chi connectivity index (χ4n) is 5.68. The number of amides is 1. The summed E-state index contributed by atoms with van der Waals surface area (Å²) in [6.45, 7) is 1.65. The van der Waals surface area contributed by atoms with Crippen LogP contribution in [-0.2, 0) is 9.53 Å². The highest BCUT2D eigenvalue weighted by molar-refractivity contribution is 6.36. The van der Waals surface area contributed by atoms with Crippen LogP contribution in [0.4, 0.5) is 22.0 Å². The van der Waals surface area contributed by atoms with Crippen LogP contribution < -0.4 is 16.4 Å². The lowest BCUT2D eigenvalue weighted by Gasteiger charge is -2.53. The van der Waals surface area contributed by atoms with Gasteiger partial charge in [0.2, 0.25) is 17.8 Å². The summed E-state index contributed by atoms with van der Waals surface area (Å²) in [4.78, 5) is 25.7. The fourth-order valence-corrected chi connectivity index (χ4v) is 6.20. The molecule has 3 fully saturated rings. The molecule has 2 aliphatic carbocycles. The van der Waals surface area contributed by atoms with Gasteiger partial charge in [0.05, 0.1) is 30.1 Å². The second kappa shape index (κ2) is 9.00. The van der Waals surface area contributed by atoms with E-state index in [-0.39, 0.29) is 33.6 Å². The molecule has 6 rings (SSSR count). The van der Waals surface area contributed by atoms with Gasteiger partial charge in [-0.05, 0) is 50.7 Å². The molecular weight excluding hydrogens is 508 g/mol. The molecule has 2 aromatic heterocycles. The van der Waals surface area contributed by atoms with Gasteiger partial charge >= 0.3 is 0 Å². The number of hydrogen-bond acceptors (Lipinski definition) is 7. The number of aromatic nitrogens is 4. The Morgan fingerprint density at radius 2 is 1.92 bits per heavy atom. The van der Waals surface area contributed by atoms with Crippen molar-refractivity contribution in [2.45, 2.75) is 50.6 Å². The monoisotopic (exact) mass is 533 g/mol. The maximum absolute atomic E-state index is 14.7. The predicted octanol–water partition coefficient (Wildman–Crippen LogP) is 4.82. The van der Waals surface area contributed by atoms with Crippen molar-refractivity contribution in [3.05, 3.63) is 34.2 Å². The molecule has 1 amide bonds. The molecule has 1 saturated heterocycles. The molecule has 3 aliphatic rings. The van der Waals surface area contributed by atoms with Gasteiger partial charge in [0, 0.05) is 28.4 Å². The van der Waals surface area contributed by atoms with Gasteiger partial charge in [-0.2, -0.15) is 4.98 Å². The molecule has 36 heavy (non-hydrogen) atoms. The minimum atomic E-state index is -0.587. The molecule has 3 aromatic rings. The lowest BCUT2D eigenvalue weighted by atomic mass is 9.64. The first kappa shape index (κ1) is 23.7. The number of primary amides is 1. The van der Waals surface area contributed by atoms with Gasteiger partial charge in [-0.1, -0.05) is 23.2 Å². The smallest absolute Gasteiger partial charge is 0.224 e. The molecular formula is C24H26Cl2FN7O2. The highest BCUT2D eigenvalue weighted by Crippen LogP contribution is 2.47. The van der Waals surface area contributed by atoms with E-state index >= 15 is 0 Å². The Bertz CT molecular complexity index is 1310. The van der Waals surface area contributed by atoms with Crippen LogP contribution in [0.15, 0.2) is 18.3 Å². The Kier molecular flexibility index (Phi) is 5.93. The van der Waals surface area contributed by atoms with Crippen molar-refractivity contribution >= 4 is 57.9 Å². The number of halogens is 3. The molecule has 1 spiro atoms. The minimum absolute atomic E-state index is 0.0101. The summed E-state index contributed by atoms with van der Waals surface area (Å²) >= 11 is 12.2. The van der Waals surface area contributed by atoms with Crippen LogP contribution in [0, 0.1) is 17.2 Å². The molecule has 0 bridgehead atoms. The molecule has 9 nitrogen and oxygen atoms in total. The number of nitrogens with one attached hydrogen (secondary N) is 2. The average molecular weight is 534 g/mol. The fraction of sp³-hybridized carbons (Fsp3) is 0.500. The number of fused-ring (bicyclic) bond motifs is 1. The standard InChI is InChI=1S/C24H26Cl2FN7O2/c25-13-5-16(26)19(17(27)6-13)32-23-31-18-9-29-22(30-14-7-24(8-14)10-36-11-24)33-21(18)34(23)15-3-1-12(2-4-15)20(28)35/h5-6,9,12,14-15H,1-4,7-8,10-11H2,(H2,28,35)(H,31,32)(H,29,30,33). The molecule has 0 unspecified atom stereocenters. The van der Waals surface area contributed by atoms with E-state index in [4.69, 9.17) is 38.7 Å². The van der Waals surface area contributed by atoms with Crippen LogP contribution in [0.25, 0.3) is 11.2 Å². The van der Waals surface area contributed by atoms with Crippen LogP contribution in [0.3, 0.4) is 0 Å². The van der Waals surface area contributed by atoms with E-state index in [1.165, 1.54) is 12.1 Å². The number of anilines is 3. The van der Waals surface area contributed by atoms with Crippen LogP contribution in [-0.4, -0.2) is 44.7 Å². The summed E-state index contributed by atoms with van der Waals surface area (Å²) in [6.07, 6.45) is 6.49. The maximum Gasteiger partial charge on any atom is 0.224 e. The summed E-state index contributed by atoms with van der Waals surface area (Å²) in [6, 6.07) is 2.96. The Morgan fingerprint density at radius 1 is 1.17 bits per heavy atom. The van der Waals surface area contributed by atoms with Crippen molar-refractivity contribution in [1.29, 1.82) is 0 Å². The van der Waals surface area contributed by atoms with Gasteiger partial charge in [-0.3, -0.25) is 9.36 Å². The van der Waals surface area contributed by atoms with E-state index in [9.17, 15) is 9.18 Å². The third-order valence-corrected chi connectivity index (χ3v) is 8.17. The van der Waals surface area contributed by atoms with E-state index in [0.29, 0.717) is 60.2 Å². The Morgan fingerprint density at radius 3 is 2.56 bits per heavy atom. The van der Waals surface area contributed by atoms with E-state index in [0.717, 1.165) is 26.1 Å². The van der Waals surface area contributed by atoms with E-state index in [2.05, 4.69) is 20.6 Å². The highest BCUT2D eigenvalue weighted by Gasteiger charge is 2.50. The summed E-state index contributed by atoms with van der Waals surface area (Å²) < 4.78 is 22.1. The van der Waals surface area contributed by atoms with Crippen molar-refractivity contribution in [1.82, 2.24) is 19.5 Å². The van der Waals surface area contributed by atoms with Gasteiger partial charge in [-0.15, -0.1) is 0 Å². The number of carbonyl (C=O) groups excluding carboxylic acids is 1. The number of imidazole rings is 1. The zero-order valence-electron chi connectivity index (χ0n) is 19.4. The van der Waals surface area contributed by atoms with Crippen molar-refractivity contribution in [3.8, 4) is 0 Å². The number of carbonyl (C=O) groups is 1. The highest BCUT2D eigenvalue weighted by atomic mass is 35.5. The van der Waals surface area contributed by atoms with Crippen LogP contribution in [0.5, 0.6) is 0 Å². The molecule has 0 atom stereocenters. The van der Waals surface area contributed by atoms with E-state index < -0.39 is 5.82 Å². The number of nitrogens with two attached hydrogens (primary N) is 1. The predicted molar refractivity (Wildman–Crippen MR) is 135 cm³/mol. The number of benzene rings is 1. The summed E-state index contributed by atoms with van der Waals surface area (Å²) in [5.74, 6) is -0.0888. The third-order valence-electron chi connectivity index (χ3n) is 7.65. The maximum atomic E-state index is 14.7. The second-order valence-corrected chi connectivity index (χ2v) is 11.1. The molecule has 4 N–H and O–H groups in total. The SMILES string of the molecule is NC(=O)C1CCC(n2c(Nc3c(F)cc(Cl)cc3Cl)nc3cnc(NC4CC5(COC5)C4)nc32)CC1. The lowest BCUT2D eigenvalue weighted by molar-refractivity contribution is -0.160. The number of hydrogen-bond donors (Lipinski definition) is 3. The quantitative estimate of drug-likeness (QED) is 0.415. The first-order valence-electron chi connectivity index (χ1n) is 12.1. The van der Waals surface area contributed by atoms with Gasteiger partial charge in [0.1, 0.15) is 11.3 Å². The van der Waals surface area contributed by atoms with Gasteiger partial charge < -0.3 is 21.1 Å². The Labute approximate surface area is 216 Å². The van der Waals surface area contributed by atoms with Gasteiger partial charge in [0.15, 0.2) is 5.65 Å². The summed E-state index contributed by atoms with van der Waals surface area (Å²) in [5, 5.41) is 6.84. The summed E-state index contributed by atoms with van der Waals surface area (Å²) in [7, 11) is 0. The minimum Gasteiger partial charge on any atom is -0.380 e. The lowest BCUT2D eigenvalue weighted by Crippen LogP contribution is -2.56. The largest absolute Gasteiger partial charge is 0.380 e. The van der Waals surface area contributed by atoms with Crippen LogP contribution >= 0.6 is 23.2 Å². The Balaban J connectivity index is 1.33. The normalized spacial score (nSPS) is 23.3. The van der Waals surface area contributed by atoms with E-state index in [1.54, 1.807) is 6.20 Å². The zero-order chi connectivity index (χ0) is 25.0. The average Bonchev–Trinajstić information content (AvgIpc) is 3.14. The molecule has 1 aromatic carbocycles.